The van der Waals surface area contributed by atoms with E-state index in [4.69, 9.17) is 4.74 Å². The van der Waals surface area contributed by atoms with Crippen molar-refractivity contribution in [3.05, 3.63) is 113 Å². The molecule has 0 unspecified atom stereocenters. The van der Waals surface area contributed by atoms with Gasteiger partial charge in [-0.05, 0) is 51.9 Å². The Bertz CT molecular complexity index is 1330. The van der Waals surface area contributed by atoms with Gasteiger partial charge in [-0.15, -0.1) is 0 Å². The zero-order chi connectivity index (χ0) is 25.7. The SMILES string of the molecule is CCCc1ccc(-c2ccc(C=Cc3ccc(-c4ccc(OC)cc4)c(F)c3C(F)(F)F)cc2)cc1. The molecule has 4 aromatic rings. The Morgan fingerprint density at radius 1 is 0.722 bits per heavy atom. The van der Waals surface area contributed by atoms with Crippen molar-refractivity contribution in [3.63, 3.8) is 0 Å². The number of ether oxygens (including phenoxy) is 1. The predicted octanol–water partition coefficient (Wildman–Crippen LogP) is 9.31. The molecular weight excluding hydrogens is 464 g/mol. The number of halogens is 4. The average Bonchev–Trinajstić information content (AvgIpc) is 2.88. The topological polar surface area (TPSA) is 9.23 Å². The van der Waals surface area contributed by atoms with E-state index in [1.54, 1.807) is 18.2 Å². The lowest BCUT2D eigenvalue weighted by atomic mass is 9.96. The van der Waals surface area contributed by atoms with Gasteiger partial charge >= 0.3 is 6.18 Å². The summed E-state index contributed by atoms with van der Waals surface area (Å²) in [7, 11) is 1.48. The maximum Gasteiger partial charge on any atom is 0.419 e. The predicted molar refractivity (Wildman–Crippen MR) is 138 cm³/mol. The van der Waals surface area contributed by atoms with Crippen molar-refractivity contribution in [1.82, 2.24) is 0 Å². The first kappa shape index (κ1) is 25.2. The number of rotatable bonds is 7. The summed E-state index contributed by atoms with van der Waals surface area (Å²) in [6, 6.07) is 24.8. The summed E-state index contributed by atoms with van der Waals surface area (Å²) in [5, 5.41) is 0. The lowest BCUT2D eigenvalue weighted by Crippen LogP contribution is -2.11. The second-order valence-corrected chi connectivity index (χ2v) is 8.52. The van der Waals surface area contributed by atoms with Gasteiger partial charge in [-0.3, -0.25) is 0 Å². The van der Waals surface area contributed by atoms with E-state index in [0.717, 1.165) is 24.0 Å². The molecule has 4 rings (SSSR count). The zero-order valence-electron chi connectivity index (χ0n) is 20.1. The van der Waals surface area contributed by atoms with Crippen LogP contribution in [0, 0.1) is 5.82 Å². The van der Waals surface area contributed by atoms with E-state index in [9.17, 15) is 13.2 Å². The molecule has 0 aromatic heterocycles. The van der Waals surface area contributed by atoms with Gasteiger partial charge in [0.25, 0.3) is 0 Å². The van der Waals surface area contributed by atoms with Crippen molar-refractivity contribution in [2.24, 2.45) is 0 Å². The lowest BCUT2D eigenvalue weighted by Gasteiger charge is -2.15. The van der Waals surface area contributed by atoms with Gasteiger partial charge in [-0.25, -0.2) is 4.39 Å². The molecule has 0 amide bonds. The Morgan fingerprint density at radius 3 is 1.86 bits per heavy atom. The number of alkyl halides is 3. The minimum absolute atomic E-state index is 0.114. The van der Waals surface area contributed by atoms with Crippen molar-refractivity contribution in [2.75, 3.05) is 7.11 Å². The van der Waals surface area contributed by atoms with Gasteiger partial charge in [0, 0.05) is 5.56 Å². The molecule has 0 radical (unpaired) electrons. The van der Waals surface area contributed by atoms with Gasteiger partial charge < -0.3 is 4.74 Å². The average molecular weight is 491 g/mol. The first-order chi connectivity index (χ1) is 17.3. The molecule has 0 bridgehead atoms. The number of hydrogen-bond donors (Lipinski definition) is 0. The maximum absolute atomic E-state index is 15.2. The summed E-state index contributed by atoms with van der Waals surface area (Å²) < 4.78 is 61.8. The van der Waals surface area contributed by atoms with Crippen LogP contribution in [-0.4, -0.2) is 7.11 Å². The second-order valence-electron chi connectivity index (χ2n) is 8.52. The molecular formula is C31H26F4O. The molecule has 0 aliphatic carbocycles. The molecule has 0 aliphatic rings. The van der Waals surface area contributed by atoms with Crippen LogP contribution < -0.4 is 4.74 Å². The maximum atomic E-state index is 15.2. The molecule has 0 heterocycles. The van der Waals surface area contributed by atoms with Crippen LogP contribution in [0.1, 0.15) is 35.6 Å². The first-order valence-electron chi connectivity index (χ1n) is 11.7. The van der Waals surface area contributed by atoms with Crippen molar-refractivity contribution in [1.29, 1.82) is 0 Å². The van der Waals surface area contributed by atoms with Crippen molar-refractivity contribution < 1.29 is 22.3 Å². The fraction of sp³-hybridized carbons (Fsp3) is 0.161. The van der Waals surface area contributed by atoms with E-state index < -0.39 is 17.6 Å². The Hall–Kier alpha value is -3.86. The molecule has 4 aromatic carbocycles. The standard InChI is InChI=1S/C31H26F4O/c1-3-4-21-5-10-23(11-6-21)24-12-7-22(8-13-24)9-14-26-17-20-28(30(32)29(26)31(33,34)35)25-15-18-27(36-2)19-16-25/h5-20H,3-4H2,1-2H3. The van der Waals surface area contributed by atoms with Crippen LogP contribution in [0.4, 0.5) is 17.6 Å². The molecule has 184 valence electrons. The normalized spacial score (nSPS) is 11.7. The summed E-state index contributed by atoms with van der Waals surface area (Å²) in [5.74, 6) is -0.758. The number of aryl methyl sites for hydroxylation is 1. The summed E-state index contributed by atoms with van der Waals surface area (Å²) in [6.07, 6.45) is 0.139. The Balaban J connectivity index is 1.61. The van der Waals surface area contributed by atoms with Crippen LogP contribution in [0.25, 0.3) is 34.4 Å². The van der Waals surface area contributed by atoms with Gasteiger partial charge in [0.15, 0.2) is 0 Å². The van der Waals surface area contributed by atoms with Crippen molar-refractivity contribution in [3.8, 4) is 28.0 Å². The lowest BCUT2D eigenvalue weighted by molar-refractivity contribution is -0.140. The van der Waals surface area contributed by atoms with E-state index in [2.05, 4.69) is 31.2 Å². The molecule has 0 spiro atoms. The third-order valence-corrected chi connectivity index (χ3v) is 6.05. The molecule has 1 nitrogen and oxygen atoms in total. The van der Waals surface area contributed by atoms with Crippen LogP contribution in [0.15, 0.2) is 84.9 Å². The van der Waals surface area contributed by atoms with E-state index in [1.165, 1.54) is 43.0 Å². The monoisotopic (exact) mass is 490 g/mol. The fourth-order valence-electron chi connectivity index (χ4n) is 4.14. The van der Waals surface area contributed by atoms with Gasteiger partial charge in [0.1, 0.15) is 11.6 Å². The van der Waals surface area contributed by atoms with E-state index in [0.29, 0.717) is 16.9 Å². The summed E-state index contributed by atoms with van der Waals surface area (Å²) in [4.78, 5) is 0. The second kappa shape index (κ2) is 10.8. The highest BCUT2D eigenvalue weighted by Gasteiger charge is 2.37. The van der Waals surface area contributed by atoms with E-state index >= 15 is 4.39 Å². The van der Waals surface area contributed by atoms with E-state index in [1.807, 2.05) is 24.3 Å². The fourth-order valence-corrected chi connectivity index (χ4v) is 4.14. The van der Waals surface area contributed by atoms with Gasteiger partial charge in [-0.2, -0.15) is 13.2 Å². The highest BCUT2D eigenvalue weighted by atomic mass is 19.4. The first-order valence-corrected chi connectivity index (χ1v) is 11.7. The molecule has 0 aliphatic heterocycles. The molecule has 0 atom stereocenters. The summed E-state index contributed by atoms with van der Waals surface area (Å²) in [5.41, 5.74) is 2.80. The van der Waals surface area contributed by atoms with E-state index in [-0.39, 0.29) is 11.1 Å². The van der Waals surface area contributed by atoms with Gasteiger partial charge in [0.05, 0.1) is 12.7 Å². The van der Waals surface area contributed by atoms with Gasteiger partial charge in [-0.1, -0.05) is 98.3 Å². The Labute approximate surface area is 208 Å². The highest BCUT2D eigenvalue weighted by molar-refractivity contribution is 5.76. The molecule has 5 heteroatoms. The Kier molecular flexibility index (Phi) is 7.58. The molecule has 0 fully saturated rings. The van der Waals surface area contributed by atoms with Crippen LogP contribution in [-0.2, 0) is 12.6 Å². The van der Waals surface area contributed by atoms with Crippen LogP contribution in [0.5, 0.6) is 5.75 Å². The van der Waals surface area contributed by atoms with Gasteiger partial charge in [0.2, 0.25) is 0 Å². The van der Waals surface area contributed by atoms with Crippen LogP contribution >= 0.6 is 0 Å². The highest BCUT2D eigenvalue weighted by Crippen LogP contribution is 2.39. The third kappa shape index (κ3) is 5.68. The largest absolute Gasteiger partial charge is 0.497 e. The third-order valence-electron chi connectivity index (χ3n) is 6.05. The molecule has 0 saturated carbocycles. The smallest absolute Gasteiger partial charge is 0.419 e. The molecule has 36 heavy (non-hydrogen) atoms. The number of benzene rings is 4. The molecule has 0 saturated heterocycles. The minimum atomic E-state index is -4.85. The Morgan fingerprint density at radius 2 is 1.31 bits per heavy atom. The van der Waals surface area contributed by atoms with Crippen molar-refractivity contribution in [2.45, 2.75) is 25.9 Å². The quantitative estimate of drug-likeness (QED) is 0.185. The number of hydrogen-bond acceptors (Lipinski definition) is 1. The van der Waals surface area contributed by atoms with Crippen LogP contribution in [0.3, 0.4) is 0 Å². The summed E-state index contributed by atoms with van der Waals surface area (Å²) in [6.45, 7) is 2.14. The molecule has 0 N–H and O–H groups in total. The van der Waals surface area contributed by atoms with Crippen molar-refractivity contribution >= 4 is 12.2 Å². The number of methoxy groups -OCH3 is 1. The van der Waals surface area contributed by atoms with Crippen LogP contribution in [0.2, 0.25) is 0 Å². The zero-order valence-corrected chi connectivity index (χ0v) is 20.1. The minimum Gasteiger partial charge on any atom is -0.497 e. The summed E-state index contributed by atoms with van der Waals surface area (Å²) >= 11 is 0.